The van der Waals surface area contributed by atoms with Gasteiger partial charge < -0.3 is 10.7 Å². The number of aromatic nitrogens is 3. The lowest BCUT2D eigenvalue weighted by Crippen LogP contribution is -2.21. The second kappa shape index (κ2) is 2.54. The van der Waals surface area contributed by atoms with Crippen molar-refractivity contribution in [2.75, 3.05) is 6.54 Å². The van der Waals surface area contributed by atoms with Crippen molar-refractivity contribution >= 4 is 11.2 Å². The Morgan fingerprint density at radius 1 is 1.50 bits per heavy atom. The van der Waals surface area contributed by atoms with E-state index in [0.717, 1.165) is 29.8 Å². The molecule has 2 heterocycles. The van der Waals surface area contributed by atoms with Crippen molar-refractivity contribution in [3.63, 3.8) is 0 Å². The van der Waals surface area contributed by atoms with Gasteiger partial charge >= 0.3 is 0 Å². The predicted octanol–water partition coefficient (Wildman–Crippen LogP) is 0.948. The van der Waals surface area contributed by atoms with E-state index in [-0.39, 0.29) is 5.41 Å². The van der Waals surface area contributed by atoms with Gasteiger partial charge in [-0.1, -0.05) is 0 Å². The van der Waals surface area contributed by atoms with Crippen LogP contribution in [0.2, 0.25) is 0 Å². The van der Waals surface area contributed by atoms with Crippen molar-refractivity contribution < 1.29 is 0 Å². The van der Waals surface area contributed by atoms with Gasteiger partial charge in [0.15, 0.2) is 5.65 Å². The van der Waals surface area contributed by atoms with Crippen molar-refractivity contribution in [2.24, 2.45) is 5.73 Å². The van der Waals surface area contributed by atoms with Gasteiger partial charge in [-0.05, 0) is 25.0 Å². The Balaban J connectivity index is 2.15. The first-order valence-electron chi connectivity index (χ1n) is 4.85. The first kappa shape index (κ1) is 7.94. The number of pyridine rings is 1. The molecule has 0 aromatic carbocycles. The number of fused-ring (bicyclic) bond motifs is 1. The lowest BCUT2D eigenvalue weighted by atomic mass is 10.1. The third kappa shape index (κ3) is 0.974. The topological polar surface area (TPSA) is 67.6 Å². The van der Waals surface area contributed by atoms with Crippen molar-refractivity contribution in [2.45, 2.75) is 18.3 Å². The Labute approximate surface area is 81.6 Å². The number of aromatic amines is 1. The molecule has 1 saturated carbocycles. The van der Waals surface area contributed by atoms with Gasteiger partial charge in [-0.2, -0.15) is 0 Å². The summed E-state index contributed by atoms with van der Waals surface area (Å²) in [5, 5.41) is 0. The zero-order chi connectivity index (χ0) is 9.60. The van der Waals surface area contributed by atoms with Crippen molar-refractivity contribution in [3.05, 3.63) is 24.2 Å². The third-order valence-electron chi connectivity index (χ3n) is 3.00. The van der Waals surface area contributed by atoms with Gasteiger partial charge in [-0.3, -0.25) is 0 Å². The molecule has 0 atom stereocenters. The van der Waals surface area contributed by atoms with E-state index in [1.807, 2.05) is 12.1 Å². The van der Waals surface area contributed by atoms with Crippen LogP contribution < -0.4 is 5.73 Å². The van der Waals surface area contributed by atoms with Crippen LogP contribution in [0.25, 0.3) is 11.2 Å². The van der Waals surface area contributed by atoms with Gasteiger partial charge in [0.25, 0.3) is 0 Å². The van der Waals surface area contributed by atoms with E-state index in [2.05, 4.69) is 15.0 Å². The molecular formula is C10H12N4. The Morgan fingerprint density at radius 3 is 3.00 bits per heavy atom. The monoisotopic (exact) mass is 188 g/mol. The maximum Gasteiger partial charge on any atom is 0.177 e. The number of hydrogen-bond donors (Lipinski definition) is 2. The second-order valence-electron chi connectivity index (χ2n) is 3.94. The predicted molar refractivity (Wildman–Crippen MR) is 53.9 cm³/mol. The number of nitrogens with two attached hydrogens (primary N) is 1. The highest BCUT2D eigenvalue weighted by molar-refractivity contribution is 5.70. The van der Waals surface area contributed by atoms with Crippen LogP contribution in [-0.2, 0) is 5.41 Å². The molecule has 0 bridgehead atoms. The number of H-pyrrole nitrogens is 1. The minimum Gasteiger partial charge on any atom is -0.340 e. The highest BCUT2D eigenvalue weighted by atomic mass is 15.0. The summed E-state index contributed by atoms with van der Waals surface area (Å²) in [5.41, 5.74) is 7.66. The summed E-state index contributed by atoms with van der Waals surface area (Å²) in [7, 11) is 0. The normalized spacial score (nSPS) is 18.6. The number of nitrogens with one attached hydrogen (secondary N) is 1. The Hall–Kier alpha value is -1.42. The third-order valence-corrected chi connectivity index (χ3v) is 3.00. The maximum absolute atomic E-state index is 5.74. The van der Waals surface area contributed by atoms with Crippen LogP contribution in [0.1, 0.15) is 18.7 Å². The molecule has 0 saturated heterocycles. The molecule has 0 radical (unpaired) electrons. The standard InChI is InChI=1S/C10H12N4/c11-6-10(3-4-10)9-13-7-2-1-5-12-8(7)14-9/h1-2,5H,3-4,6,11H2,(H,12,13,14). The summed E-state index contributed by atoms with van der Waals surface area (Å²) in [6.07, 6.45) is 4.04. The largest absolute Gasteiger partial charge is 0.340 e. The molecule has 1 fully saturated rings. The SMILES string of the molecule is NCC1(c2nc3ncccc3[nH]2)CC1. The Kier molecular flexibility index (Phi) is 1.44. The van der Waals surface area contributed by atoms with Crippen LogP contribution in [0.5, 0.6) is 0 Å². The Bertz CT molecular complexity index is 437. The summed E-state index contributed by atoms with van der Waals surface area (Å²) in [5.74, 6) is 1.01. The molecule has 3 N–H and O–H groups in total. The molecule has 0 aliphatic heterocycles. The molecule has 2 aromatic heterocycles. The number of hydrogen-bond acceptors (Lipinski definition) is 3. The van der Waals surface area contributed by atoms with Gasteiger partial charge in [0.05, 0.1) is 5.52 Å². The minimum atomic E-state index is 0.126. The fourth-order valence-corrected chi connectivity index (χ4v) is 1.78. The van der Waals surface area contributed by atoms with E-state index in [9.17, 15) is 0 Å². The smallest absolute Gasteiger partial charge is 0.177 e. The highest BCUT2D eigenvalue weighted by Gasteiger charge is 2.45. The zero-order valence-electron chi connectivity index (χ0n) is 7.83. The summed E-state index contributed by atoms with van der Waals surface area (Å²) in [6.45, 7) is 0.673. The number of imidazole rings is 1. The Morgan fingerprint density at radius 2 is 2.36 bits per heavy atom. The molecule has 2 aromatic rings. The van der Waals surface area contributed by atoms with Gasteiger partial charge in [-0.25, -0.2) is 9.97 Å². The van der Waals surface area contributed by atoms with E-state index in [0.29, 0.717) is 6.54 Å². The summed E-state index contributed by atoms with van der Waals surface area (Å²) < 4.78 is 0. The van der Waals surface area contributed by atoms with Crippen molar-refractivity contribution in [1.29, 1.82) is 0 Å². The van der Waals surface area contributed by atoms with Gasteiger partial charge in [0.2, 0.25) is 0 Å². The maximum atomic E-state index is 5.74. The molecule has 1 aliphatic rings. The average molecular weight is 188 g/mol. The van der Waals surface area contributed by atoms with Crippen LogP contribution in [0, 0.1) is 0 Å². The molecule has 0 amide bonds. The minimum absolute atomic E-state index is 0.126. The van der Waals surface area contributed by atoms with Crippen LogP contribution in [0.15, 0.2) is 18.3 Å². The van der Waals surface area contributed by atoms with E-state index in [1.165, 1.54) is 0 Å². The first-order chi connectivity index (χ1) is 6.84. The lowest BCUT2D eigenvalue weighted by Gasteiger charge is -2.06. The first-order valence-corrected chi connectivity index (χ1v) is 4.85. The average Bonchev–Trinajstić information content (AvgIpc) is 2.91. The van der Waals surface area contributed by atoms with Gasteiger partial charge in [0.1, 0.15) is 5.82 Å². The zero-order valence-corrected chi connectivity index (χ0v) is 7.83. The molecule has 4 nitrogen and oxygen atoms in total. The van der Waals surface area contributed by atoms with Gasteiger partial charge in [0, 0.05) is 18.2 Å². The van der Waals surface area contributed by atoms with E-state index in [4.69, 9.17) is 5.73 Å². The van der Waals surface area contributed by atoms with Crippen molar-refractivity contribution in [1.82, 2.24) is 15.0 Å². The van der Waals surface area contributed by atoms with Crippen LogP contribution in [-0.4, -0.2) is 21.5 Å². The van der Waals surface area contributed by atoms with Crippen LogP contribution >= 0.6 is 0 Å². The van der Waals surface area contributed by atoms with E-state index < -0.39 is 0 Å². The van der Waals surface area contributed by atoms with Crippen molar-refractivity contribution in [3.8, 4) is 0 Å². The van der Waals surface area contributed by atoms with Crippen LogP contribution in [0.4, 0.5) is 0 Å². The molecule has 3 rings (SSSR count). The summed E-state index contributed by atoms with van der Waals surface area (Å²) >= 11 is 0. The summed E-state index contributed by atoms with van der Waals surface area (Å²) in [6, 6.07) is 3.90. The second-order valence-corrected chi connectivity index (χ2v) is 3.94. The quantitative estimate of drug-likeness (QED) is 0.737. The number of nitrogens with zero attached hydrogens (tertiary/aromatic N) is 2. The molecular weight excluding hydrogens is 176 g/mol. The molecule has 72 valence electrons. The lowest BCUT2D eigenvalue weighted by molar-refractivity contribution is 0.661. The number of rotatable bonds is 2. The molecule has 0 unspecified atom stereocenters. The fourth-order valence-electron chi connectivity index (χ4n) is 1.78. The molecule has 0 spiro atoms. The van der Waals surface area contributed by atoms with Gasteiger partial charge in [-0.15, -0.1) is 0 Å². The molecule has 4 heteroatoms. The highest BCUT2D eigenvalue weighted by Crippen LogP contribution is 2.45. The van der Waals surface area contributed by atoms with E-state index in [1.54, 1.807) is 6.20 Å². The molecule has 14 heavy (non-hydrogen) atoms. The summed E-state index contributed by atoms with van der Waals surface area (Å²) in [4.78, 5) is 12.0. The fraction of sp³-hybridized carbons (Fsp3) is 0.400. The van der Waals surface area contributed by atoms with Crippen LogP contribution in [0.3, 0.4) is 0 Å². The molecule has 1 aliphatic carbocycles. The van der Waals surface area contributed by atoms with E-state index >= 15 is 0 Å².